The molecule has 0 aliphatic heterocycles. The van der Waals surface area contributed by atoms with E-state index in [2.05, 4.69) is 9.98 Å². The number of aliphatic imine (C=N–C) groups is 1. The van der Waals surface area contributed by atoms with Crippen molar-refractivity contribution in [2.24, 2.45) is 4.99 Å². The number of fused-ring (bicyclic) bond motifs is 3. The van der Waals surface area contributed by atoms with Crippen LogP contribution in [0.25, 0.3) is 15.2 Å². The number of hydrogen-bond acceptors (Lipinski definition) is 4. The monoisotopic (exact) mass is 272 g/mol. The molecule has 0 spiro atoms. The summed E-state index contributed by atoms with van der Waals surface area (Å²) in [6, 6.07) is 9.40. The van der Waals surface area contributed by atoms with Crippen molar-refractivity contribution in [1.82, 2.24) is 14.3 Å². The number of nitrogens with zero attached hydrogens (tertiary/aromatic N) is 4. The number of para-hydroxylation sites is 1. The van der Waals surface area contributed by atoms with Crippen molar-refractivity contribution in [3.05, 3.63) is 40.7 Å². The maximum atomic E-state index is 11.6. The first-order valence-corrected chi connectivity index (χ1v) is 6.59. The van der Waals surface area contributed by atoms with Gasteiger partial charge < -0.3 is 4.90 Å². The molecule has 2 heterocycles. The lowest BCUT2D eigenvalue weighted by atomic mass is 10.3. The highest BCUT2D eigenvalue weighted by Gasteiger charge is 2.09. The van der Waals surface area contributed by atoms with E-state index in [1.807, 2.05) is 47.7 Å². The van der Waals surface area contributed by atoms with Crippen LogP contribution in [0.15, 0.2) is 40.1 Å². The average molecular weight is 272 g/mol. The molecule has 5 nitrogen and oxygen atoms in total. The maximum Gasteiger partial charge on any atom is 0.276 e. The fraction of sp³-hybridized carbons (Fsp3) is 0.154. The normalized spacial score (nSPS) is 11.7. The van der Waals surface area contributed by atoms with E-state index in [1.165, 1.54) is 17.4 Å². The van der Waals surface area contributed by atoms with Crippen molar-refractivity contribution in [3.63, 3.8) is 0 Å². The van der Waals surface area contributed by atoms with Gasteiger partial charge in [0.25, 0.3) is 5.56 Å². The van der Waals surface area contributed by atoms with E-state index in [-0.39, 0.29) is 5.56 Å². The number of benzene rings is 1. The molecule has 0 amide bonds. The Balaban J connectivity index is 2.38. The van der Waals surface area contributed by atoms with E-state index < -0.39 is 0 Å². The molecule has 0 unspecified atom stereocenters. The predicted molar refractivity (Wildman–Crippen MR) is 78.7 cm³/mol. The Bertz CT molecular complexity index is 831. The molecule has 3 aromatic rings. The Morgan fingerprint density at radius 3 is 2.95 bits per heavy atom. The first-order valence-electron chi connectivity index (χ1n) is 5.77. The van der Waals surface area contributed by atoms with Crippen molar-refractivity contribution < 1.29 is 0 Å². The van der Waals surface area contributed by atoms with Crippen LogP contribution in [-0.4, -0.2) is 34.7 Å². The third-order valence-corrected chi connectivity index (χ3v) is 3.63. The quantitative estimate of drug-likeness (QED) is 0.530. The molecule has 6 heteroatoms. The van der Waals surface area contributed by atoms with Crippen LogP contribution in [-0.2, 0) is 0 Å². The number of aromatic nitrogens is 2. The first-order chi connectivity index (χ1) is 9.15. The SMILES string of the molecule is CN(C)/C=N/c1cc(=O)nc2sc3ccccc3n12. The van der Waals surface area contributed by atoms with E-state index in [4.69, 9.17) is 0 Å². The highest BCUT2D eigenvalue weighted by molar-refractivity contribution is 7.23. The molecule has 0 bridgehead atoms. The van der Waals surface area contributed by atoms with Crippen LogP contribution >= 0.6 is 11.3 Å². The van der Waals surface area contributed by atoms with Gasteiger partial charge in [-0.2, -0.15) is 4.98 Å². The van der Waals surface area contributed by atoms with Crippen LogP contribution in [0.5, 0.6) is 0 Å². The topological polar surface area (TPSA) is 50.0 Å². The Labute approximate surface area is 113 Å². The van der Waals surface area contributed by atoms with Crippen LogP contribution < -0.4 is 5.56 Å². The van der Waals surface area contributed by atoms with Gasteiger partial charge in [-0.05, 0) is 12.1 Å². The van der Waals surface area contributed by atoms with Gasteiger partial charge >= 0.3 is 0 Å². The molecule has 3 rings (SSSR count). The smallest absolute Gasteiger partial charge is 0.276 e. The van der Waals surface area contributed by atoms with E-state index >= 15 is 0 Å². The summed E-state index contributed by atoms with van der Waals surface area (Å²) >= 11 is 1.49. The number of thiazole rings is 1. The molecule has 19 heavy (non-hydrogen) atoms. The second-order valence-electron chi connectivity index (χ2n) is 4.35. The molecule has 0 atom stereocenters. The van der Waals surface area contributed by atoms with Crippen molar-refractivity contribution in [2.75, 3.05) is 14.1 Å². The molecule has 96 valence electrons. The molecule has 0 aliphatic carbocycles. The molecule has 0 aliphatic rings. The summed E-state index contributed by atoms with van der Waals surface area (Å²) in [5, 5.41) is 0. The summed E-state index contributed by atoms with van der Waals surface area (Å²) in [6.45, 7) is 0. The Kier molecular flexibility index (Phi) is 2.79. The molecular formula is C13H12N4OS. The lowest BCUT2D eigenvalue weighted by Gasteiger charge is -2.04. The van der Waals surface area contributed by atoms with Gasteiger partial charge in [-0.1, -0.05) is 23.5 Å². The van der Waals surface area contributed by atoms with Crippen LogP contribution in [0.2, 0.25) is 0 Å². The zero-order valence-corrected chi connectivity index (χ0v) is 11.4. The minimum absolute atomic E-state index is 0.266. The van der Waals surface area contributed by atoms with Gasteiger partial charge in [-0.15, -0.1) is 0 Å². The van der Waals surface area contributed by atoms with Gasteiger partial charge in [0, 0.05) is 20.2 Å². The summed E-state index contributed by atoms with van der Waals surface area (Å²) in [4.78, 5) is 22.5. The molecule has 0 saturated heterocycles. The molecule has 0 N–H and O–H groups in total. The zero-order chi connectivity index (χ0) is 13.4. The van der Waals surface area contributed by atoms with Crippen LogP contribution in [0.3, 0.4) is 0 Å². The van der Waals surface area contributed by atoms with Crippen LogP contribution in [0.1, 0.15) is 0 Å². The third-order valence-electron chi connectivity index (χ3n) is 2.61. The van der Waals surface area contributed by atoms with Gasteiger partial charge in [-0.3, -0.25) is 9.20 Å². The second kappa shape index (κ2) is 4.47. The summed E-state index contributed by atoms with van der Waals surface area (Å²) < 4.78 is 2.99. The van der Waals surface area contributed by atoms with Gasteiger partial charge in [-0.25, -0.2) is 4.99 Å². The van der Waals surface area contributed by atoms with Crippen molar-refractivity contribution >= 4 is 38.7 Å². The fourth-order valence-corrected chi connectivity index (χ4v) is 2.87. The van der Waals surface area contributed by atoms with Crippen molar-refractivity contribution in [3.8, 4) is 0 Å². The minimum Gasteiger partial charge on any atom is -0.369 e. The van der Waals surface area contributed by atoms with E-state index in [0.717, 1.165) is 10.2 Å². The van der Waals surface area contributed by atoms with Crippen molar-refractivity contribution in [1.29, 1.82) is 0 Å². The molecule has 0 radical (unpaired) electrons. The van der Waals surface area contributed by atoms with Crippen LogP contribution in [0, 0.1) is 0 Å². The van der Waals surface area contributed by atoms with Gasteiger partial charge in [0.05, 0.1) is 16.6 Å². The number of hydrogen-bond donors (Lipinski definition) is 0. The largest absolute Gasteiger partial charge is 0.369 e. The van der Waals surface area contributed by atoms with Gasteiger partial charge in [0.15, 0.2) is 4.96 Å². The van der Waals surface area contributed by atoms with E-state index in [0.29, 0.717) is 10.8 Å². The Morgan fingerprint density at radius 2 is 2.16 bits per heavy atom. The van der Waals surface area contributed by atoms with Gasteiger partial charge in [0.2, 0.25) is 0 Å². The molecule has 0 fully saturated rings. The Morgan fingerprint density at radius 1 is 1.37 bits per heavy atom. The average Bonchev–Trinajstić information content (AvgIpc) is 2.73. The minimum atomic E-state index is -0.266. The number of rotatable bonds is 2. The third kappa shape index (κ3) is 2.10. The Hall–Kier alpha value is -2.21. The van der Waals surface area contributed by atoms with E-state index in [9.17, 15) is 4.79 Å². The summed E-state index contributed by atoms with van der Waals surface area (Å²) in [5.41, 5.74) is 0.748. The summed E-state index contributed by atoms with van der Waals surface area (Å²) in [5.74, 6) is 0.598. The fourth-order valence-electron chi connectivity index (χ4n) is 1.84. The zero-order valence-electron chi connectivity index (χ0n) is 10.6. The van der Waals surface area contributed by atoms with E-state index in [1.54, 1.807) is 6.34 Å². The molecule has 1 aromatic carbocycles. The standard InChI is InChI=1S/C13H12N4OS/c1-16(2)8-14-11-7-12(18)15-13-17(11)9-5-3-4-6-10(9)19-13/h3-8H,1-2H3/b14-8+. The highest BCUT2D eigenvalue weighted by Crippen LogP contribution is 2.27. The summed E-state index contributed by atoms with van der Waals surface area (Å²) in [6.07, 6.45) is 1.67. The van der Waals surface area contributed by atoms with Gasteiger partial charge in [0.1, 0.15) is 5.82 Å². The predicted octanol–water partition coefficient (Wildman–Crippen LogP) is 2.13. The molecule has 0 saturated carbocycles. The first kappa shape index (κ1) is 11.9. The summed E-state index contributed by atoms with van der Waals surface area (Å²) in [7, 11) is 3.77. The highest BCUT2D eigenvalue weighted by atomic mass is 32.1. The molecule has 2 aromatic heterocycles. The lowest BCUT2D eigenvalue weighted by molar-refractivity contribution is 0.643. The lowest BCUT2D eigenvalue weighted by Crippen LogP contribution is -2.09. The maximum absolute atomic E-state index is 11.6. The van der Waals surface area contributed by atoms with Crippen LogP contribution in [0.4, 0.5) is 5.82 Å². The second-order valence-corrected chi connectivity index (χ2v) is 5.36. The van der Waals surface area contributed by atoms with Crippen molar-refractivity contribution in [2.45, 2.75) is 0 Å². The molecular weight excluding hydrogens is 260 g/mol.